The topological polar surface area (TPSA) is 20.3 Å². The molecule has 1 aromatic rings. The van der Waals surface area contributed by atoms with Gasteiger partial charge in [-0.2, -0.15) is 0 Å². The van der Waals surface area contributed by atoms with Crippen molar-refractivity contribution >= 4 is 11.5 Å². The van der Waals surface area contributed by atoms with Crippen LogP contribution in [0.4, 0.5) is 5.69 Å². The molecule has 2 nitrogen and oxygen atoms in total. The van der Waals surface area contributed by atoms with Gasteiger partial charge in [0.2, 0.25) is 0 Å². The fourth-order valence-electron chi connectivity index (χ4n) is 3.12. The highest BCUT2D eigenvalue weighted by molar-refractivity contribution is 5.97. The molecule has 0 amide bonds. The fraction of sp³-hybridized carbons (Fsp3) is 0.400. The Bertz CT molecular complexity index is 451. The van der Waals surface area contributed by atoms with Gasteiger partial charge < -0.3 is 4.90 Å². The molecule has 2 aliphatic carbocycles. The number of fused-ring (bicyclic) bond motifs is 1. The van der Waals surface area contributed by atoms with E-state index >= 15 is 0 Å². The number of anilines is 1. The standard InChI is InChI=1S/C15H17NO/c1-2-16(11-7-4-3-5-8-11)14-12-9-6-10-13(12)15(14)17/h3-9,12-14H,2,10H2,1H3/t12-,13+,14+/m1/s1. The van der Waals surface area contributed by atoms with Crippen molar-refractivity contribution in [3.05, 3.63) is 42.5 Å². The third-order valence-corrected chi connectivity index (χ3v) is 4.00. The lowest BCUT2D eigenvalue weighted by atomic mass is 9.69. The van der Waals surface area contributed by atoms with Gasteiger partial charge in [-0.05, 0) is 25.5 Å². The highest BCUT2D eigenvalue weighted by Gasteiger charge is 2.51. The number of ketones is 1. The van der Waals surface area contributed by atoms with Gasteiger partial charge in [-0.3, -0.25) is 4.79 Å². The van der Waals surface area contributed by atoms with Crippen LogP contribution in [0, 0.1) is 11.8 Å². The highest BCUT2D eigenvalue weighted by atomic mass is 16.1. The summed E-state index contributed by atoms with van der Waals surface area (Å²) in [5, 5.41) is 0. The van der Waals surface area contributed by atoms with Crippen LogP contribution in [0.2, 0.25) is 0 Å². The Labute approximate surface area is 102 Å². The molecule has 0 aromatic heterocycles. The number of hydrogen-bond donors (Lipinski definition) is 0. The molecule has 1 fully saturated rings. The number of likely N-dealkylation sites (N-methyl/N-ethyl adjacent to an activating group) is 1. The molecular weight excluding hydrogens is 210 g/mol. The molecule has 1 saturated carbocycles. The maximum absolute atomic E-state index is 12.1. The summed E-state index contributed by atoms with van der Waals surface area (Å²) in [4.78, 5) is 14.4. The molecule has 2 aliphatic rings. The van der Waals surface area contributed by atoms with Gasteiger partial charge in [0.05, 0.1) is 6.04 Å². The second-order valence-electron chi connectivity index (χ2n) is 4.82. The van der Waals surface area contributed by atoms with Gasteiger partial charge in [-0.15, -0.1) is 0 Å². The zero-order valence-electron chi connectivity index (χ0n) is 10.0. The van der Waals surface area contributed by atoms with E-state index in [-0.39, 0.29) is 12.0 Å². The van der Waals surface area contributed by atoms with Gasteiger partial charge in [0.15, 0.2) is 5.78 Å². The van der Waals surface area contributed by atoms with Crippen molar-refractivity contribution < 1.29 is 4.79 Å². The Morgan fingerprint density at radius 1 is 1.29 bits per heavy atom. The average molecular weight is 227 g/mol. The lowest BCUT2D eigenvalue weighted by Gasteiger charge is -2.45. The first-order valence-corrected chi connectivity index (χ1v) is 6.35. The molecule has 1 aromatic carbocycles. The van der Waals surface area contributed by atoms with Gasteiger partial charge in [0.1, 0.15) is 0 Å². The SMILES string of the molecule is CCN(c1ccccc1)[C@@H]1C(=O)[C@H]2CC=C[C@H]21. The Balaban J connectivity index is 1.87. The smallest absolute Gasteiger partial charge is 0.159 e. The number of rotatable bonds is 3. The van der Waals surface area contributed by atoms with E-state index in [9.17, 15) is 4.79 Å². The summed E-state index contributed by atoms with van der Waals surface area (Å²) in [7, 11) is 0. The predicted molar refractivity (Wildman–Crippen MR) is 69.0 cm³/mol. The molecule has 0 radical (unpaired) electrons. The molecule has 0 N–H and O–H groups in total. The molecule has 0 spiro atoms. The maximum Gasteiger partial charge on any atom is 0.159 e. The van der Waals surface area contributed by atoms with E-state index in [2.05, 4.69) is 36.1 Å². The number of allylic oxidation sites excluding steroid dienone is 1. The summed E-state index contributed by atoms with van der Waals surface area (Å²) in [6.45, 7) is 3.00. The number of nitrogens with zero attached hydrogens (tertiary/aromatic N) is 1. The van der Waals surface area contributed by atoms with Gasteiger partial charge in [0.25, 0.3) is 0 Å². The normalized spacial score (nSPS) is 29.9. The quantitative estimate of drug-likeness (QED) is 0.740. The molecule has 17 heavy (non-hydrogen) atoms. The third kappa shape index (κ3) is 1.51. The van der Waals surface area contributed by atoms with Crippen LogP contribution in [-0.2, 0) is 4.79 Å². The highest BCUT2D eigenvalue weighted by Crippen LogP contribution is 2.43. The Kier molecular flexibility index (Phi) is 2.50. The minimum Gasteiger partial charge on any atom is -0.361 e. The summed E-state index contributed by atoms with van der Waals surface area (Å²) in [5.74, 6) is 1.14. The van der Waals surface area contributed by atoms with Crippen molar-refractivity contribution in [1.82, 2.24) is 0 Å². The largest absolute Gasteiger partial charge is 0.361 e. The van der Waals surface area contributed by atoms with E-state index in [1.54, 1.807) is 0 Å². The Morgan fingerprint density at radius 3 is 2.76 bits per heavy atom. The number of carbonyl (C=O) groups excluding carboxylic acids is 1. The lowest BCUT2D eigenvalue weighted by Crippen LogP contribution is -2.59. The number of hydrogen-bond acceptors (Lipinski definition) is 2. The minimum absolute atomic E-state index is 0.0751. The summed E-state index contributed by atoms with van der Waals surface area (Å²) >= 11 is 0. The molecule has 3 rings (SSSR count). The summed E-state index contributed by atoms with van der Waals surface area (Å²) in [6, 6.07) is 10.3. The van der Waals surface area contributed by atoms with Crippen LogP contribution in [0.1, 0.15) is 13.3 Å². The minimum atomic E-state index is 0.0751. The second-order valence-corrected chi connectivity index (χ2v) is 4.82. The van der Waals surface area contributed by atoms with Crippen molar-refractivity contribution in [2.45, 2.75) is 19.4 Å². The molecule has 0 saturated heterocycles. The monoisotopic (exact) mass is 227 g/mol. The third-order valence-electron chi connectivity index (χ3n) is 4.00. The Morgan fingerprint density at radius 2 is 2.06 bits per heavy atom. The first-order valence-electron chi connectivity index (χ1n) is 6.35. The Hall–Kier alpha value is -1.57. The van der Waals surface area contributed by atoms with Crippen molar-refractivity contribution in [2.24, 2.45) is 11.8 Å². The van der Waals surface area contributed by atoms with E-state index in [4.69, 9.17) is 0 Å². The zero-order chi connectivity index (χ0) is 11.8. The van der Waals surface area contributed by atoms with Crippen molar-refractivity contribution in [3.63, 3.8) is 0 Å². The molecule has 0 unspecified atom stereocenters. The lowest BCUT2D eigenvalue weighted by molar-refractivity contribution is -0.134. The van der Waals surface area contributed by atoms with Crippen LogP contribution in [0.3, 0.4) is 0 Å². The summed E-state index contributed by atoms with van der Waals surface area (Å²) in [6.07, 6.45) is 5.33. The van der Waals surface area contributed by atoms with E-state index < -0.39 is 0 Å². The fourth-order valence-corrected chi connectivity index (χ4v) is 3.12. The number of para-hydroxylation sites is 1. The van der Waals surface area contributed by atoms with Crippen LogP contribution in [0.25, 0.3) is 0 Å². The van der Waals surface area contributed by atoms with Crippen molar-refractivity contribution in [1.29, 1.82) is 0 Å². The van der Waals surface area contributed by atoms with Crippen LogP contribution < -0.4 is 4.90 Å². The van der Waals surface area contributed by atoms with E-state index in [0.717, 1.165) is 18.7 Å². The van der Waals surface area contributed by atoms with Crippen molar-refractivity contribution in [2.75, 3.05) is 11.4 Å². The maximum atomic E-state index is 12.1. The zero-order valence-corrected chi connectivity index (χ0v) is 10.0. The summed E-state index contributed by atoms with van der Waals surface area (Å²) in [5.41, 5.74) is 1.16. The second kappa shape index (κ2) is 4.02. The van der Waals surface area contributed by atoms with Gasteiger partial charge >= 0.3 is 0 Å². The van der Waals surface area contributed by atoms with E-state index in [1.807, 2.05) is 18.2 Å². The van der Waals surface area contributed by atoms with Crippen LogP contribution >= 0.6 is 0 Å². The molecule has 0 bridgehead atoms. The predicted octanol–water partition coefficient (Wildman–Crippen LogP) is 2.66. The van der Waals surface area contributed by atoms with E-state index in [0.29, 0.717) is 11.7 Å². The number of carbonyl (C=O) groups is 1. The molecule has 2 heteroatoms. The number of benzene rings is 1. The first kappa shape index (κ1) is 10.6. The molecule has 3 atom stereocenters. The molecule has 0 heterocycles. The van der Waals surface area contributed by atoms with Gasteiger partial charge in [-0.1, -0.05) is 30.4 Å². The van der Waals surface area contributed by atoms with Gasteiger partial charge in [0, 0.05) is 24.1 Å². The molecule has 0 aliphatic heterocycles. The van der Waals surface area contributed by atoms with Crippen LogP contribution in [0.5, 0.6) is 0 Å². The van der Waals surface area contributed by atoms with Gasteiger partial charge in [-0.25, -0.2) is 0 Å². The molecule has 88 valence electrons. The molecular formula is C15H17NO. The van der Waals surface area contributed by atoms with Crippen LogP contribution in [-0.4, -0.2) is 18.4 Å². The first-order chi connectivity index (χ1) is 8.33. The average Bonchev–Trinajstić information content (AvgIpc) is 2.80. The summed E-state index contributed by atoms with van der Waals surface area (Å²) < 4.78 is 0. The number of Topliss-reactive ketones (excluding diaryl/α,β-unsaturated/α-hetero) is 1. The van der Waals surface area contributed by atoms with Crippen LogP contribution in [0.15, 0.2) is 42.5 Å². The van der Waals surface area contributed by atoms with E-state index in [1.165, 1.54) is 0 Å². The van der Waals surface area contributed by atoms with Crippen molar-refractivity contribution in [3.8, 4) is 0 Å².